The van der Waals surface area contributed by atoms with Crippen LogP contribution in [0.25, 0.3) is 0 Å². The van der Waals surface area contributed by atoms with Crippen molar-refractivity contribution in [2.45, 2.75) is 37.9 Å². The van der Waals surface area contributed by atoms with Crippen molar-refractivity contribution in [3.8, 4) is 0 Å². The fraction of sp³-hybridized carbons (Fsp3) is 0.500. The van der Waals surface area contributed by atoms with E-state index in [0.29, 0.717) is 25.5 Å². The predicted molar refractivity (Wildman–Crippen MR) is 88.2 cm³/mol. The number of amides is 1. The SMILES string of the molecule is O=C(O)CC1CCCN1C(=O)CCNc1ccc(C(F)(F)F)cc1[N+](=O)[O-]. The number of carbonyl (C=O) groups is 2. The zero-order valence-electron chi connectivity index (χ0n) is 14.2. The summed E-state index contributed by atoms with van der Waals surface area (Å²) in [5.41, 5.74) is -1.99. The molecule has 1 aliphatic rings. The zero-order valence-corrected chi connectivity index (χ0v) is 14.2. The van der Waals surface area contributed by atoms with Crippen molar-refractivity contribution in [3.05, 3.63) is 33.9 Å². The lowest BCUT2D eigenvalue weighted by molar-refractivity contribution is -0.384. The average molecular weight is 389 g/mol. The molecule has 1 unspecified atom stereocenters. The minimum Gasteiger partial charge on any atom is -0.481 e. The molecular weight excluding hydrogens is 371 g/mol. The van der Waals surface area contributed by atoms with Crippen LogP contribution in [0, 0.1) is 10.1 Å². The molecule has 2 N–H and O–H groups in total. The molecule has 1 amide bonds. The van der Waals surface area contributed by atoms with Gasteiger partial charge >= 0.3 is 12.1 Å². The Balaban J connectivity index is 1.99. The number of benzene rings is 1. The third-order valence-electron chi connectivity index (χ3n) is 4.28. The lowest BCUT2D eigenvalue weighted by atomic mass is 10.1. The summed E-state index contributed by atoms with van der Waals surface area (Å²) in [4.78, 5) is 34.6. The summed E-state index contributed by atoms with van der Waals surface area (Å²) < 4.78 is 38.1. The van der Waals surface area contributed by atoms with E-state index in [1.807, 2.05) is 0 Å². The Morgan fingerprint density at radius 3 is 2.67 bits per heavy atom. The fourth-order valence-corrected chi connectivity index (χ4v) is 3.03. The highest BCUT2D eigenvalue weighted by molar-refractivity contribution is 5.78. The largest absolute Gasteiger partial charge is 0.481 e. The summed E-state index contributed by atoms with van der Waals surface area (Å²) in [5.74, 6) is -1.31. The fourth-order valence-electron chi connectivity index (χ4n) is 3.03. The standard InChI is InChI=1S/C16H18F3N3O5/c17-16(18,19)10-3-4-12(13(8-10)22(26)27)20-6-5-14(23)21-7-1-2-11(21)9-15(24)25/h3-4,8,11,20H,1-2,5-7,9H2,(H,24,25). The Hall–Kier alpha value is -2.85. The number of carboxylic acid groups (broad SMARTS) is 1. The number of carbonyl (C=O) groups excluding carboxylic acids is 1. The summed E-state index contributed by atoms with van der Waals surface area (Å²) in [7, 11) is 0. The number of hydrogen-bond acceptors (Lipinski definition) is 5. The Kier molecular flexibility index (Phi) is 6.24. The molecule has 0 spiro atoms. The number of carboxylic acids is 1. The first-order valence-electron chi connectivity index (χ1n) is 8.20. The van der Waals surface area contributed by atoms with Crippen LogP contribution in [0.15, 0.2) is 18.2 Å². The molecule has 0 bridgehead atoms. The van der Waals surface area contributed by atoms with E-state index in [9.17, 15) is 32.9 Å². The normalized spacial score (nSPS) is 17.0. The number of likely N-dealkylation sites (tertiary alicyclic amines) is 1. The first kappa shape index (κ1) is 20.5. The second-order valence-electron chi connectivity index (χ2n) is 6.14. The molecular formula is C16H18F3N3O5. The van der Waals surface area contributed by atoms with Gasteiger partial charge in [0.25, 0.3) is 5.69 Å². The highest BCUT2D eigenvalue weighted by Gasteiger charge is 2.33. The first-order chi connectivity index (χ1) is 12.6. The molecule has 1 aliphatic heterocycles. The van der Waals surface area contributed by atoms with E-state index in [1.54, 1.807) is 0 Å². The van der Waals surface area contributed by atoms with Crippen LogP contribution in [0.1, 0.15) is 31.2 Å². The van der Waals surface area contributed by atoms with Gasteiger partial charge in [-0.1, -0.05) is 0 Å². The monoisotopic (exact) mass is 389 g/mol. The number of aliphatic carboxylic acids is 1. The molecule has 0 radical (unpaired) electrons. The smallest absolute Gasteiger partial charge is 0.416 e. The van der Waals surface area contributed by atoms with Crippen LogP contribution in [0.2, 0.25) is 0 Å². The third-order valence-corrected chi connectivity index (χ3v) is 4.28. The minimum atomic E-state index is -4.70. The van der Waals surface area contributed by atoms with Crippen molar-refractivity contribution in [2.24, 2.45) is 0 Å². The van der Waals surface area contributed by atoms with Crippen LogP contribution in [0.4, 0.5) is 24.5 Å². The molecule has 1 atom stereocenters. The van der Waals surface area contributed by atoms with E-state index >= 15 is 0 Å². The number of nitro benzene ring substituents is 1. The Morgan fingerprint density at radius 2 is 2.07 bits per heavy atom. The Bertz CT molecular complexity index is 739. The second kappa shape index (κ2) is 8.23. The lowest BCUT2D eigenvalue weighted by Crippen LogP contribution is -2.37. The van der Waals surface area contributed by atoms with Crippen LogP contribution < -0.4 is 5.32 Å². The zero-order chi connectivity index (χ0) is 20.2. The van der Waals surface area contributed by atoms with Gasteiger partial charge in [0.15, 0.2) is 0 Å². The minimum absolute atomic E-state index is 0.0265. The number of nitro groups is 1. The maximum absolute atomic E-state index is 12.7. The van der Waals surface area contributed by atoms with Gasteiger partial charge in [-0.05, 0) is 25.0 Å². The van der Waals surface area contributed by atoms with Crippen molar-refractivity contribution in [3.63, 3.8) is 0 Å². The number of anilines is 1. The van der Waals surface area contributed by atoms with Gasteiger partial charge in [-0.3, -0.25) is 19.7 Å². The topological polar surface area (TPSA) is 113 Å². The third kappa shape index (κ3) is 5.31. The Labute approximate surface area is 152 Å². The summed E-state index contributed by atoms with van der Waals surface area (Å²) in [6.45, 7) is 0.415. The van der Waals surface area contributed by atoms with Crippen molar-refractivity contribution >= 4 is 23.3 Å². The van der Waals surface area contributed by atoms with Gasteiger partial charge in [-0.15, -0.1) is 0 Å². The quantitative estimate of drug-likeness (QED) is 0.548. The van der Waals surface area contributed by atoms with Gasteiger partial charge in [-0.2, -0.15) is 13.2 Å². The number of hydrogen-bond donors (Lipinski definition) is 2. The van der Waals surface area contributed by atoms with Crippen LogP contribution in [0.5, 0.6) is 0 Å². The molecule has 148 valence electrons. The highest BCUT2D eigenvalue weighted by atomic mass is 19.4. The second-order valence-corrected chi connectivity index (χ2v) is 6.14. The van der Waals surface area contributed by atoms with Crippen molar-refractivity contribution < 1.29 is 32.8 Å². The van der Waals surface area contributed by atoms with Gasteiger partial charge < -0.3 is 15.3 Å². The number of alkyl halides is 3. The summed E-state index contributed by atoms with van der Waals surface area (Å²) in [6, 6.07) is 1.73. The van der Waals surface area contributed by atoms with E-state index in [0.717, 1.165) is 12.1 Å². The van der Waals surface area contributed by atoms with E-state index in [1.165, 1.54) is 4.90 Å². The summed E-state index contributed by atoms with van der Waals surface area (Å²) >= 11 is 0. The lowest BCUT2D eigenvalue weighted by Gasteiger charge is -2.23. The summed E-state index contributed by atoms with van der Waals surface area (Å²) in [6.07, 6.45) is -3.62. The molecule has 0 aromatic heterocycles. The van der Waals surface area contributed by atoms with Gasteiger partial charge in [-0.25, -0.2) is 0 Å². The van der Waals surface area contributed by atoms with Crippen LogP contribution in [-0.4, -0.2) is 45.9 Å². The maximum atomic E-state index is 12.7. The molecule has 8 nitrogen and oxygen atoms in total. The van der Waals surface area contributed by atoms with Crippen molar-refractivity contribution in [2.75, 3.05) is 18.4 Å². The molecule has 2 rings (SSSR count). The van der Waals surface area contributed by atoms with E-state index in [4.69, 9.17) is 5.11 Å². The molecule has 1 fully saturated rings. The number of nitrogens with zero attached hydrogens (tertiary/aromatic N) is 2. The number of rotatable bonds is 7. The van der Waals surface area contributed by atoms with E-state index < -0.39 is 28.3 Å². The molecule has 1 heterocycles. The molecule has 1 aromatic rings. The predicted octanol–water partition coefficient (Wildman–Crippen LogP) is 2.88. The first-order valence-corrected chi connectivity index (χ1v) is 8.20. The van der Waals surface area contributed by atoms with Crippen LogP contribution in [-0.2, 0) is 15.8 Å². The van der Waals surface area contributed by atoms with Gasteiger partial charge in [0.1, 0.15) is 5.69 Å². The van der Waals surface area contributed by atoms with Gasteiger partial charge in [0.2, 0.25) is 5.91 Å². The highest BCUT2D eigenvalue weighted by Crippen LogP contribution is 2.35. The number of halogens is 3. The molecule has 0 saturated carbocycles. The molecule has 1 aromatic carbocycles. The van der Waals surface area contributed by atoms with Gasteiger partial charge in [0, 0.05) is 31.6 Å². The molecule has 11 heteroatoms. The molecule has 0 aliphatic carbocycles. The summed E-state index contributed by atoms with van der Waals surface area (Å²) in [5, 5.41) is 22.5. The van der Waals surface area contributed by atoms with E-state index in [-0.39, 0.29) is 37.0 Å². The van der Waals surface area contributed by atoms with Crippen molar-refractivity contribution in [1.82, 2.24) is 4.90 Å². The van der Waals surface area contributed by atoms with E-state index in [2.05, 4.69) is 5.32 Å². The molecule has 1 saturated heterocycles. The Morgan fingerprint density at radius 1 is 1.37 bits per heavy atom. The maximum Gasteiger partial charge on any atom is 0.416 e. The van der Waals surface area contributed by atoms with Gasteiger partial charge in [0.05, 0.1) is 16.9 Å². The van der Waals surface area contributed by atoms with Crippen LogP contribution in [0.3, 0.4) is 0 Å². The van der Waals surface area contributed by atoms with Crippen LogP contribution >= 0.6 is 0 Å². The number of nitrogens with one attached hydrogen (secondary N) is 1. The molecule has 27 heavy (non-hydrogen) atoms. The average Bonchev–Trinajstić information content (AvgIpc) is 3.01. The van der Waals surface area contributed by atoms with Crippen molar-refractivity contribution in [1.29, 1.82) is 0 Å².